The van der Waals surface area contributed by atoms with E-state index in [1.54, 1.807) is 13.0 Å². The van der Waals surface area contributed by atoms with Gasteiger partial charge in [-0.1, -0.05) is 0 Å². The Morgan fingerprint density at radius 3 is 2.94 bits per heavy atom. The van der Waals surface area contributed by atoms with Gasteiger partial charge in [-0.2, -0.15) is 5.26 Å². The second kappa shape index (κ2) is 6.09. The molecule has 0 saturated heterocycles. The summed E-state index contributed by atoms with van der Waals surface area (Å²) in [7, 11) is 0. The number of hydrogen-bond acceptors (Lipinski definition) is 3. The molecule has 0 aliphatic rings. The summed E-state index contributed by atoms with van der Waals surface area (Å²) in [6, 6.07) is 6.05. The Hall–Kier alpha value is -1.60. The predicted molar refractivity (Wildman–Crippen MR) is 59.3 cm³/mol. The fourth-order valence-electron chi connectivity index (χ4n) is 1.34. The molecule has 0 aliphatic carbocycles. The summed E-state index contributed by atoms with van der Waals surface area (Å²) in [6.45, 7) is 2.22. The number of hydrogen-bond donors (Lipinski definition) is 1. The summed E-state index contributed by atoms with van der Waals surface area (Å²) >= 11 is 0. The maximum Gasteiger partial charge on any atom is 0.124 e. The highest BCUT2D eigenvalue weighted by molar-refractivity contribution is 5.36. The van der Waals surface area contributed by atoms with Crippen molar-refractivity contribution >= 4 is 0 Å². The first-order valence-corrected chi connectivity index (χ1v) is 5.20. The van der Waals surface area contributed by atoms with Crippen molar-refractivity contribution in [3.8, 4) is 11.8 Å². The van der Waals surface area contributed by atoms with Gasteiger partial charge in [-0.3, -0.25) is 0 Å². The minimum atomic E-state index is -0.323. The monoisotopic (exact) mass is 222 g/mol. The molecule has 0 aromatic heterocycles. The minimum Gasteiger partial charge on any atom is -0.493 e. The third kappa shape index (κ3) is 3.52. The summed E-state index contributed by atoms with van der Waals surface area (Å²) in [5.74, 6) is 0.269. The second-order valence-electron chi connectivity index (χ2n) is 3.58. The Labute approximate surface area is 94.6 Å². The Morgan fingerprint density at radius 1 is 1.56 bits per heavy atom. The van der Waals surface area contributed by atoms with E-state index in [0.717, 1.165) is 0 Å². The fraction of sp³-hybridized carbons (Fsp3) is 0.417. The van der Waals surface area contributed by atoms with E-state index >= 15 is 0 Å². The van der Waals surface area contributed by atoms with E-state index < -0.39 is 0 Å². The molecule has 0 bridgehead atoms. The Balaban J connectivity index is 2.68. The average molecular weight is 222 g/mol. The van der Waals surface area contributed by atoms with Gasteiger partial charge >= 0.3 is 0 Å². The topological polar surface area (TPSA) is 59.0 Å². The number of nitrogens with zero attached hydrogens (tertiary/aromatic N) is 1. The quantitative estimate of drug-likeness (QED) is 0.779. The van der Waals surface area contributed by atoms with Crippen molar-refractivity contribution in [3.63, 3.8) is 0 Å². The Morgan fingerprint density at radius 2 is 2.31 bits per heavy atom. The van der Waals surface area contributed by atoms with Crippen molar-refractivity contribution in [1.82, 2.24) is 0 Å². The first-order chi connectivity index (χ1) is 7.65. The zero-order valence-electron chi connectivity index (χ0n) is 9.24. The van der Waals surface area contributed by atoms with Gasteiger partial charge in [0.05, 0.1) is 12.7 Å². The van der Waals surface area contributed by atoms with Crippen LogP contribution < -0.4 is 10.5 Å². The fourth-order valence-corrected chi connectivity index (χ4v) is 1.34. The molecule has 0 aliphatic heterocycles. The molecule has 0 amide bonds. The van der Waals surface area contributed by atoms with Crippen molar-refractivity contribution in [1.29, 1.82) is 5.26 Å². The van der Waals surface area contributed by atoms with Gasteiger partial charge < -0.3 is 10.5 Å². The first kappa shape index (κ1) is 12.5. The van der Waals surface area contributed by atoms with Crippen LogP contribution in [0.5, 0.6) is 5.75 Å². The Kier molecular flexibility index (Phi) is 4.74. The van der Waals surface area contributed by atoms with E-state index in [1.807, 2.05) is 6.07 Å². The molecule has 86 valence electrons. The third-order valence-electron chi connectivity index (χ3n) is 2.15. The SMILES string of the molecule is C[C@@H](N)c1cc(F)ccc1OCCCC#N. The first-order valence-electron chi connectivity index (χ1n) is 5.20. The highest BCUT2D eigenvalue weighted by Crippen LogP contribution is 2.24. The van der Waals surface area contributed by atoms with Crippen LogP contribution in [0.15, 0.2) is 18.2 Å². The molecule has 3 nitrogen and oxygen atoms in total. The normalized spacial score (nSPS) is 11.9. The van der Waals surface area contributed by atoms with Crippen LogP contribution in [-0.4, -0.2) is 6.61 Å². The predicted octanol–water partition coefficient (Wildman–Crippen LogP) is 2.53. The van der Waals surface area contributed by atoms with Gasteiger partial charge in [0.1, 0.15) is 11.6 Å². The van der Waals surface area contributed by atoms with E-state index in [1.165, 1.54) is 12.1 Å². The highest BCUT2D eigenvalue weighted by Gasteiger charge is 2.09. The van der Waals surface area contributed by atoms with E-state index in [2.05, 4.69) is 0 Å². The molecule has 1 atom stereocenters. The van der Waals surface area contributed by atoms with Gasteiger partial charge in [-0.25, -0.2) is 4.39 Å². The van der Waals surface area contributed by atoms with Gasteiger partial charge in [0, 0.05) is 18.0 Å². The second-order valence-corrected chi connectivity index (χ2v) is 3.58. The van der Waals surface area contributed by atoms with Gasteiger partial charge in [-0.15, -0.1) is 0 Å². The molecule has 1 rings (SSSR count). The van der Waals surface area contributed by atoms with Crippen LogP contribution in [0.2, 0.25) is 0 Å². The summed E-state index contributed by atoms with van der Waals surface area (Å²) in [5, 5.41) is 8.37. The maximum atomic E-state index is 13.0. The number of halogens is 1. The number of nitrogens with two attached hydrogens (primary N) is 1. The lowest BCUT2D eigenvalue weighted by Crippen LogP contribution is -2.09. The molecule has 0 fully saturated rings. The van der Waals surface area contributed by atoms with Crippen LogP contribution in [0.3, 0.4) is 0 Å². The minimum absolute atomic E-state index is 0.276. The molecule has 0 unspecified atom stereocenters. The lowest BCUT2D eigenvalue weighted by molar-refractivity contribution is 0.307. The van der Waals surface area contributed by atoms with Gasteiger partial charge in [0.25, 0.3) is 0 Å². The average Bonchev–Trinajstić information content (AvgIpc) is 2.26. The van der Waals surface area contributed by atoms with Gasteiger partial charge in [-0.05, 0) is 31.5 Å². The molecule has 1 aromatic rings. The molecule has 4 heteroatoms. The molecule has 16 heavy (non-hydrogen) atoms. The number of nitriles is 1. The van der Waals surface area contributed by atoms with Crippen molar-refractivity contribution in [2.75, 3.05) is 6.61 Å². The highest BCUT2D eigenvalue weighted by atomic mass is 19.1. The molecule has 0 heterocycles. The third-order valence-corrected chi connectivity index (χ3v) is 2.15. The van der Waals surface area contributed by atoms with Crippen LogP contribution in [0.1, 0.15) is 31.4 Å². The van der Waals surface area contributed by atoms with Crippen LogP contribution in [0.4, 0.5) is 4.39 Å². The summed E-state index contributed by atoms with van der Waals surface area (Å²) < 4.78 is 18.5. The van der Waals surface area contributed by atoms with Crippen molar-refractivity contribution in [2.24, 2.45) is 5.73 Å². The summed E-state index contributed by atoms with van der Waals surface area (Å²) in [6.07, 6.45) is 1.11. The summed E-state index contributed by atoms with van der Waals surface area (Å²) in [5.41, 5.74) is 6.36. The molecular weight excluding hydrogens is 207 g/mol. The maximum absolute atomic E-state index is 13.0. The number of benzene rings is 1. The molecule has 2 N–H and O–H groups in total. The number of ether oxygens (including phenoxy) is 1. The molecule has 0 spiro atoms. The number of unbranched alkanes of at least 4 members (excludes halogenated alkanes) is 1. The molecular formula is C12H15FN2O. The van der Waals surface area contributed by atoms with Crippen LogP contribution >= 0.6 is 0 Å². The van der Waals surface area contributed by atoms with Crippen molar-refractivity contribution in [2.45, 2.75) is 25.8 Å². The largest absolute Gasteiger partial charge is 0.493 e. The van der Waals surface area contributed by atoms with Crippen LogP contribution in [0, 0.1) is 17.1 Å². The van der Waals surface area contributed by atoms with Gasteiger partial charge in [0.15, 0.2) is 0 Å². The van der Waals surface area contributed by atoms with E-state index in [9.17, 15) is 4.39 Å². The Bertz CT molecular complexity index is 385. The van der Waals surface area contributed by atoms with Crippen LogP contribution in [0.25, 0.3) is 0 Å². The van der Waals surface area contributed by atoms with Crippen LogP contribution in [-0.2, 0) is 0 Å². The van der Waals surface area contributed by atoms with Crippen molar-refractivity contribution < 1.29 is 9.13 Å². The van der Waals surface area contributed by atoms with E-state index in [0.29, 0.717) is 30.8 Å². The van der Waals surface area contributed by atoms with Gasteiger partial charge in [0.2, 0.25) is 0 Å². The summed E-state index contributed by atoms with van der Waals surface area (Å²) in [4.78, 5) is 0. The molecule has 1 aromatic carbocycles. The zero-order valence-corrected chi connectivity index (χ0v) is 9.24. The lowest BCUT2D eigenvalue weighted by Gasteiger charge is -2.13. The van der Waals surface area contributed by atoms with E-state index in [4.69, 9.17) is 15.7 Å². The van der Waals surface area contributed by atoms with E-state index in [-0.39, 0.29) is 11.9 Å². The van der Waals surface area contributed by atoms with Crippen molar-refractivity contribution in [3.05, 3.63) is 29.6 Å². The zero-order chi connectivity index (χ0) is 12.0. The standard InChI is InChI=1S/C12H15FN2O/c1-9(15)11-8-10(13)4-5-12(11)16-7-3-2-6-14/h4-5,8-9H,2-3,7,15H2,1H3/t9-/m1/s1. The smallest absolute Gasteiger partial charge is 0.124 e. The molecule has 0 radical (unpaired) electrons. The molecule has 0 saturated carbocycles. The number of rotatable bonds is 5. The lowest BCUT2D eigenvalue weighted by atomic mass is 10.1.